The van der Waals surface area contributed by atoms with Crippen LogP contribution < -0.4 is 43.1 Å². The third-order valence-corrected chi connectivity index (χ3v) is 23.5. The summed E-state index contributed by atoms with van der Waals surface area (Å²) in [5.41, 5.74) is 9.08. The number of hydrogen-bond acceptors (Lipinski definition) is 2. The molecule has 572 valence electrons. The molecular weight excluding hydrogens is 1830 g/mol. The number of nitrogens with zero attached hydrogens (tertiary/aromatic N) is 7. The average molecular weight is 1910 g/mol. The van der Waals surface area contributed by atoms with Crippen molar-refractivity contribution < 1.29 is 43.1 Å². The number of nitrogens with one attached hydrogen (secondary N) is 1. The molecule has 0 fully saturated rings. The Morgan fingerprint density at radius 1 is 0.310 bits per heavy atom. The molecule has 0 radical (unpaired) electrons. The lowest BCUT2D eigenvalue weighted by molar-refractivity contribution is -0.685. The molecule has 1 N–H and O–H groups in total. The molecule has 0 amide bonds. The second-order valence-corrected chi connectivity index (χ2v) is 30.7. The Morgan fingerprint density at radius 3 is 0.947 bits per heavy atom. The molecule has 4 heterocycles. The number of benzene rings is 14. The van der Waals surface area contributed by atoms with Gasteiger partial charge in [-0.3, -0.25) is 0 Å². The molecule has 0 bridgehead atoms. The Morgan fingerprint density at radius 2 is 0.628 bits per heavy atom. The zero-order valence-corrected chi connectivity index (χ0v) is 73.4. The van der Waals surface area contributed by atoms with E-state index < -0.39 is 0 Å². The third kappa shape index (κ3) is 22.6. The minimum atomic E-state index is 0. The Hall–Kier alpha value is -8.02. The number of H-pyrrole nitrogens is 1. The van der Waals surface area contributed by atoms with Gasteiger partial charge in [-0.1, -0.05) is 363 Å². The lowest BCUT2D eigenvalue weighted by Gasteiger charge is -2.07. The number of aromatic amines is 1. The Balaban J connectivity index is 0.000000141. The molecular formula is C93H76Br4Cl8N8. The first-order valence-electron chi connectivity index (χ1n) is 36.2. The summed E-state index contributed by atoms with van der Waals surface area (Å²) in [4.78, 5) is 10.2. The van der Waals surface area contributed by atoms with E-state index in [1.165, 1.54) is 121 Å². The van der Waals surface area contributed by atoms with Gasteiger partial charge in [0.25, 0.3) is 20.6 Å². The van der Waals surface area contributed by atoms with E-state index in [2.05, 4.69) is 344 Å². The van der Waals surface area contributed by atoms with Crippen LogP contribution in [0, 0.1) is 0 Å². The van der Waals surface area contributed by atoms with E-state index in [9.17, 15) is 0 Å². The summed E-state index contributed by atoms with van der Waals surface area (Å²) < 4.78 is 9.96. The van der Waals surface area contributed by atoms with Crippen molar-refractivity contribution in [2.45, 2.75) is 63.7 Å². The lowest BCUT2D eigenvalue weighted by atomic mass is 10.0. The lowest BCUT2D eigenvalue weighted by Crippen LogP contribution is -3.00. The van der Waals surface area contributed by atoms with Gasteiger partial charge in [0.1, 0.15) is 23.4 Å². The van der Waals surface area contributed by atoms with Crippen LogP contribution in [-0.2, 0) is 63.7 Å². The first-order chi connectivity index (χ1) is 54.2. The number of imidazole rings is 4. The predicted molar refractivity (Wildman–Crippen MR) is 477 cm³/mol. The summed E-state index contributed by atoms with van der Waals surface area (Å²) in [5, 5.41) is 23.8. The van der Waals surface area contributed by atoms with Gasteiger partial charge in [-0.05, 0) is 186 Å². The molecule has 14 aromatic carbocycles. The van der Waals surface area contributed by atoms with Gasteiger partial charge in [0.2, 0.25) is 12.7 Å². The molecule has 20 heteroatoms. The topological polar surface area (TPSA) is 64.1 Å². The highest BCUT2D eigenvalue weighted by molar-refractivity contribution is 9.09. The second-order valence-electron chi connectivity index (χ2n) is 26.5. The standard InChI is InChI=1S/2C26H21Cl2N2.C15H12Cl2N2.C12H11Br.C11H9Br.C3H2Cl2N2.2BrH/c2*27-25-26(28)30(17-19-12-13-20-6-1-2-8-23(20)16-19)18-29(25)15-14-22-10-5-9-21-7-3-4-11-24(21)22;16-14-15(17)19(10-18-14)9-8-12-6-3-5-11-4-1-2-7-13(11)12;13-9-8-11-6-3-5-10-4-1-2-7-12(10)11;12-8-9-5-6-10-3-1-2-4-11(10)7-9;4-2-3(5)7-1-6-2;;/h2*1-13,16,18H,14-15,17H2;1-7,10H,8-9H2;1-7H,8-9H2;1-7H,8H2;1H,(H,6,7);2*1H/q2*+1;;;;;;/p-2. The van der Waals surface area contributed by atoms with Crippen LogP contribution in [-0.4, -0.2) is 34.0 Å². The molecule has 0 aliphatic carbocycles. The largest absolute Gasteiger partial charge is 1.00 e. The summed E-state index contributed by atoms with van der Waals surface area (Å²) in [6, 6.07) is 104. The van der Waals surface area contributed by atoms with E-state index in [-0.39, 0.29) is 34.0 Å². The smallest absolute Gasteiger partial charge is 0.255 e. The van der Waals surface area contributed by atoms with Crippen molar-refractivity contribution in [3.8, 4) is 0 Å². The summed E-state index contributed by atoms with van der Waals surface area (Å²) >= 11 is 55.8. The summed E-state index contributed by atoms with van der Waals surface area (Å²) in [6.45, 7) is 3.69. The van der Waals surface area contributed by atoms with E-state index in [1.54, 1.807) is 6.33 Å². The fourth-order valence-corrected chi connectivity index (χ4v) is 15.8. The molecule has 4 aromatic heterocycles. The zero-order valence-electron chi connectivity index (χ0n) is 61.0. The monoisotopic (exact) mass is 1900 g/mol. The van der Waals surface area contributed by atoms with Crippen LogP contribution in [0.5, 0.6) is 0 Å². The molecule has 0 aliphatic heterocycles. The summed E-state index contributed by atoms with van der Waals surface area (Å²) in [7, 11) is 0. The molecule has 0 aliphatic rings. The molecule has 0 atom stereocenters. The maximum atomic E-state index is 6.57. The van der Waals surface area contributed by atoms with Gasteiger partial charge in [-0.15, -0.1) is 0 Å². The van der Waals surface area contributed by atoms with Crippen molar-refractivity contribution >= 4 is 200 Å². The van der Waals surface area contributed by atoms with Gasteiger partial charge >= 0.3 is 0 Å². The van der Waals surface area contributed by atoms with Gasteiger partial charge in [0, 0.05) is 30.0 Å². The van der Waals surface area contributed by atoms with Crippen molar-refractivity contribution in [1.82, 2.24) is 28.7 Å². The number of fused-ring (bicyclic) bond motifs is 7. The molecule has 0 unspecified atom stereocenters. The number of alkyl halides is 2. The van der Waals surface area contributed by atoms with E-state index in [0.717, 1.165) is 56.0 Å². The van der Waals surface area contributed by atoms with E-state index in [0.29, 0.717) is 54.3 Å². The highest BCUT2D eigenvalue weighted by Gasteiger charge is 2.23. The normalized spacial score (nSPS) is 10.8. The maximum Gasteiger partial charge on any atom is 0.255 e. The van der Waals surface area contributed by atoms with Gasteiger partial charge in [0.15, 0.2) is 10.3 Å². The quantitative estimate of drug-likeness (QED) is 0.0774. The van der Waals surface area contributed by atoms with E-state index in [4.69, 9.17) is 92.8 Å². The molecule has 0 saturated heterocycles. The zero-order chi connectivity index (χ0) is 77.0. The number of rotatable bonds is 16. The average Bonchev–Trinajstić information content (AvgIpc) is 1.68. The molecule has 18 aromatic rings. The SMILES string of the molecule is BrCCc1cccc2ccccc12.BrCc1ccc2ccccc2c1.Clc1c(Cl)[n+](Cc2ccc3ccccc3c2)cn1CCc1cccc2ccccc12.Clc1c(Cl)[n+](Cc2ccc3ccccc3c2)cn1CCc1cccc2ccccc12.Clc1nc[nH]c1Cl.Clc1ncn(CCc2cccc3ccccc23)c1Cl.[Br-].[Br-]. The fraction of sp³-hybridized carbons (Fsp3) is 0.118. The second kappa shape index (κ2) is 42.6. The number of aromatic nitrogens is 8. The van der Waals surface area contributed by atoms with Gasteiger partial charge in [-0.2, -0.15) is 0 Å². The maximum absolute atomic E-state index is 6.57. The van der Waals surface area contributed by atoms with Crippen molar-refractivity contribution in [3.05, 3.63) is 403 Å². The third-order valence-electron chi connectivity index (χ3n) is 19.2. The Kier molecular flexibility index (Phi) is 32.3. The molecule has 8 nitrogen and oxygen atoms in total. The van der Waals surface area contributed by atoms with Gasteiger partial charge in [-0.25, -0.2) is 28.2 Å². The van der Waals surface area contributed by atoms with Crippen molar-refractivity contribution in [2.24, 2.45) is 0 Å². The summed E-state index contributed by atoms with van der Waals surface area (Å²) in [6.07, 6.45) is 10.9. The molecule has 18 rings (SSSR count). The van der Waals surface area contributed by atoms with Gasteiger partial charge < -0.3 is 43.5 Å². The van der Waals surface area contributed by atoms with Gasteiger partial charge in [0.05, 0.1) is 25.7 Å². The Labute approximate surface area is 736 Å². The molecule has 0 spiro atoms. The highest BCUT2D eigenvalue weighted by atomic mass is 79.9. The molecule has 113 heavy (non-hydrogen) atoms. The molecule has 0 saturated carbocycles. The van der Waals surface area contributed by atoms with E-state index >= 15 is 0 Å². The van der Waals surface area contributed by atoms with Crippen molar-refractivity contribution in [3.63, 3.8) is 0 Å². The summed E-state index contributed by atoms with van der Waals surface area (Å²) in [5.74, 6) is 0. The Bertz CT molecular complexity index is 5930. The van der Waals surface area contributed by atoms with Crippen LogP contribution in [0.1, 0.15) is 38.9 Å². The number of aryl methyl sites for hydroxylation is 7. The number of hydrogen-bond donors (Lipinski definition) is 1. The van der Waals surface area contributed by atoms with Crippen LogP contribution in [0.25, 0.3) is 75.4 Å². The van der Waals surface area contributed by atoms with Crippen molar-refractivity contribution in [2.75, 3.05) is 5.33 Å². The van der Waals surface area contributed by atoms with Crippen molar-refractivity contribution in [1.29, 1.82) is 0 Å². The van der Waals surface area contributed by atoms with Crippen LogP contribution in [0.3, 0.4) is 0 Å². The first kappa shape index (κ1) is 85.9. The van der Waals surface area contributed by atoms with Crippen LogP contribution in [0.4, 0.5) is 0 Å². The van der Waals surface area contributed by atoms with Crippen LogP contribution in [0.15, 0.2) is 323 Å². The minimum Gasteiger partial charge on any atom is -1.00 e. The first-order valence-corrected chi connectivity index (χ1v) is 41.5. The van der Waals surface area contributed by atoms with Crippen LogP contribution in [0.2, 0.25) is 41.2 Å². The highest BCUT2D eigenvalue weighted by Crippen LogP contribution is 2.29. The van der Waals surface area contributed by atoms with E-state index in [1.807, 2.05) is 35.5 Å². The van der Waals surface area contributed by atoms with Crippen LogP contribution >= 0.6 is 125 Å². The predicted octanol–water partition coefficient (Wildman–Crippen LogP) is 21.2. The fourth-order valence-electron chi connectivity index (χ4n) is 13.6. The minimum absolute atomic E-state index is 0. The number of halogens is 12.